The van der Waals surface area contributed by atoms with Gasteiger partial charge in [-0.05, 0) is 18.1 Å². The van der Waals surface area contributed by atoms with Crippen LogP contribution in [0.1, 0.15) is 18.2 Å². The molecule has 1 unspecified atom stereocenters. The maximum atomic E-state index is 5.76. The van der Waals surface area contributed by atoms with E-state index in [-0.39, 0.29) is 6.04 Å². The molecule has 1 atom stereocenters. The molecule has 0 aliphatic rings. The smallest absolute Gasteiger partial charge is 0.0451 e. The monoisotopic (exact) mass is 179 g/mol. The normalized spacial score (nSPS) is 12.8. The first-order chi connectivity index (χ1) is 6.27. The zero-order valence-electron chi connectivity index (χ0n) is 8.03. The minimum atomic E-state index is 0.0280. The number of rotatable bonds is 4. The van der Waals surface area contributed by atoms with Gasteiger partial charge in [0, 0.05) is 30.9 Å². The first kappa shape index (κ1) is 10.2. The Kier molecular flexibility index (Phi) is 3.86. The standard InChI is InChI=1S/C10H17N3/c1-2-8-4-3-5-13-10(8)6-9(12)7-11/h3-5,9H,2,6-7,11-12H2,1H3. The van der Waals surface area contributed by atoms with Crippen LogP contribution < -0.4 is 11.5 Å². The zero-order valence-corrected chi connectivity index (χ0v) is 8.03. The third-order valence-corrected chi connectivity index (χ3v) is 2.12. The lowest BCUT2D eigenvalue weighted by Gasteiger charge is -2.10. The topological polar surface area (TPSA) is 64.9 Å². The fourth-order valence-corrected chi connectivity index (χ4v) is 1.31. The summed E-state index contributed by atoms with van der Waals surface area (Å²) >= 11 is 0. The molecule has 0 bridgehead atoms. The maximum absolute atomic E-state index is 5.76. The van der Waals surface area contributed by atoms with Gasteiger partial charge in [-0.1, -0.05) is 13.0 Å². The summed E-state index contributed by atoms with van der Waals surface area (Å²) in [4.78, 5) is 4.30. The highest BCUT2D eigenvalue weighted by Gasteiger charge is 2.05. The van der Waals surface area contributed by atoms with Crippen LogP contribution in [0.15, 0.2) is 18.3 Å². The highest BCUT2D eigenvalue weighted by atomic mass is 14.7. The highest BCUT2D eigenvalue weighted by molar-refractivity contribution is 5.20. The van der Waals surface area contributed by atoms with Crippen molar-refractivity contribution in [3.8, 4) is 0 Å². The maximum Gasteiger partial charge on any atom is 0.0451 e. The molecular weight excluding hydrogens is 162 g/mol. The van der Waals surface area contributed by atoms with E-state index in [4.69, 9.17) is 11.5 Å². The van der Waals surface area contributed by atoms with Crippen LogP contribution in [0.3, 0.4) is 0 Å². The number of pyridine rings is 1. The minimum Gasteiger partial charge on any atom is -0.329 e. The summed E-state index contributed by atoms with van der Waals surface area (Å²) in [5.41, 5.74) is 13.6. The summed E-state index contributed by atoms with van der Waals surface area (Å²) in [7, 11) is 0. The summed E-state index contributed by atoms with van der Waals surface area (Å²) in [6.07, 6.45) is 3.58. The van der Waals surface area contributed by atoms with E-state index in [1.165, 1.54) is 5.56 Å². The third kappa shape index (κ3) is 2.79. The Balaban J connectivity index is 2.74. The summed E-state index contributed by atoms with van der Waals surface area (Å²) in [6.45, 7) is 2.63. The molecule has 0 spiro atoms. The molecular formula is C10H17N3. The van der Waals surface area contributed by atoms with Gasteiger partial charge in [0.1, 0.15) is 0 Å². The molecule has 0 fully saturated rings. The minimum absolute atomic E-state index is 0.0280. The average molecular weight is 179 g/mol. The molecule has 3 heteroatoms. The molecule has 1 aromatic heterocycles. The van der Waals surface area contributed by atoms with Gasteiger partial charge in [0.2, 0.25) is 0 Å². The molecule has 1 heterocycles. The van der Waals surface area contributed by atoms with E-state index in [0.717, 1.165) is 18.5 Å². The van der Waals surface area contributed by atoms with Crippen LogP contribution in [-0.4, -0.2) is 17.6 Å². The largest absolute Gasteiger partial charge is 0.329 e. The summed E-state index contributed by atoms with van der Waals surface area (Å²) in [6, 6.07) is 4.07. The van der Waals surface area contributed by atoms with Crippen LogP contribution in [0.2, 0.25) is 0 Å². The molecule has 0 aliphatic carbocycles. The summed E-state index contributed by atoms with van der Waals surface area (Å²) in [5, 5.41) is 0. The molecule has 13 heavy (non-hydrogen) atoms. The van der Waals surface area contributed by atoms with Gasteiger partial charge in [0.15, 0.2) is 0 Å². The molecule has 72 valence electrons. The second-order valence-electron chi connectivity index (χ2n) is 3.16. The molecule has 3 nitrogen and oxygen atoms in total. The van der Waals surface area contributed by atoms with Crippen molar-refractivity contribution in [3.05, 3.63) is 29.6 Å². The lowest BCUT2D eigenvalue weighted by Crippen LogP contribution is -2.32. The molecule has 0 saturated heterocycles. The number of hydrogen-bond acceptors (Lipinski definition) is 3. The molecule has 1 aromatic rings. The molecule has 0 radical (unpaired) electrons. The van der Waals surface area contributed by atoms with Crippen molar-refractivity contribution in [2.75, 3.05) is 6.54 Å². The van der Waals surface area contributed by atoms with E-state index >= 15 is 0 Å². The summed E-state index contributed by atoms with van der Waals surface area (Å²) < 4.78 is 0. The Hall–Kier alpha value is -0.930. The van der Waals surface area contributed by atoms with Crippen LogP contribution in [-0.2, 0) is 12.8 Å². The number of hydrogen-bond donors (Lipinski definition) is 2. The fourth-order valence-electron chi connectivity index (χ4n) is 1.31. The van der Waals surface area contributed by atoms with E-state index in [9.17, 15) is 0 Å². The van der Waals surface area contributed by atoms with Crippen LogP contribution in [0.5, 0.6) is 0 Å². The van der Waals surface area contributed by atoms with Crippen molar-refractivity contribution < 1.29 is 0 Å². The van der Waals surface area contributed by atoms with Crippen LogP contribution in [0, 0.1) is 0 Å². The Labute approximate surface area is 79.2 Å². The van der Waals surface area contributed by atoms with Gasteiger partial charge in [-0.15, -0.1) is 0 Å². The fraction of sp³-hybridized carbons (Fsp3) is 0.500. The molecule has 0 aromatic carbocycles. The van der Waals surface area contributed by atoms with Crippen molar-refractivity contribution in [2.24, 2.45) is 11.5 Å². The van der Waals surface area contributed by atoms with E-state index < -0.39 is 0 Å². The quantitative estimate of drug-likeness (QED) is 0.706. The van der Waals surface area contributed by atoms with Gasteiger partial charge in [0.25, 0.3) is 0 Å². The number of aromatic nitrogens is 1. The van der Waals surface area contributed by atoms with E-state index in [0.29, 0.717) is 6.54 Å². The molecule has 0 aliphatic heterocycles. The van der Waals surface area contributed by atoms with Crippen molar-refractivity contribution in [3.63, 3.8) is 0 Å². The van der Waals surface area contributed by atoms with Gasteiger partial charge in [0.05, 0.1) is 0 Å². The highest BCUT2D eigenvalue weighted by Crippen LogP contribution is 2.07. The lowest BCUT2D eigenvalue weighted by atomic mass is 10.1. The van der Waals surface area contributed by atoms with E-state index in [2.05, 4.69) is 18.0 Å². The third-order valence-electron chi connectivity index (χ3n) is 2.12. The Bertz CT molecular complexity index is 260. The molecule has 0 saturated carbocycles. The van der Waals surface area contributed by atoms with Crippen molar-refractivity contribution in [1.82, 2.24) is 4.98 Å². The van der Waals surface area contributed by atoms with Gasteiger partial charge < -0.3 is 11.5 Å². The summed E-state index contributed by atoms with van der Waals surface area (Å²) in [5.74, 6) is 0. The first-order valence-corrected chi connectivity index (χ1v) is 4.66. The number of nitrogens with zero attached hydrogens (tertiary/aromatic N) is 1. The number of nitrogens with two attached hydrogens (primary N) is 2. The van der Waals surface area contributed by atoms with Crippen LogP contribution in [0.4, 0.5) is 0 Å². The molecule has 4 N–H and O–H groups in total. The second kappa shape index (κ2) is 4.94. The van der Waals surface area contributed by atoms with Gasteiger partial charge >= 0.3 is 0 Å². The predicted octanol–water partition coefficient (Wildman–Crippen LogP) is 0.473. The van der Waals surface area contributed by atoms with Crippen molar-refractivity contribution >= 4 is 0 Å². The van der Waals surface area contributed by atoms with Crippen molar-refractivity contribution in [1.29, 1.82) is 0 Å². The van der Waals surface area contributed by atoms with Crippen molar-refractivity contribution in [2.45, 2.75) is 25.8 Å². The number of aryl methyl sites for hydroxylation is 1. The van der Waals surface area contributed by atoms with Crippen LogP contribution in [0.25, 0.3) is 0 Å². The average Bonchev–Trinajstić information content (AvgIpc) is 2.18. The van der Waals surface area contributed by atoms with Crippen LogP contribution >= 0.6 is 0 Å². The van der Waals surface area contributed by atoms with E-state index in [1.807, 2.05) is 6.07 Å². The van der Waals surface area contributed by atoms with Gasteiger partial charge in [-0.25, -0.2) is 0 Å². The van der Waals surface area contributed by atoms with Gasteiger partial charge in [-0.3, -0.25) is 4.98 Å². The Morgan fingerprint density at radius 2 is 2.31 bits per heavy atom. The Morgan fingerprint density at radius 3 is 2.92 bits per heavy atom. The molecule has 1 rings (SSSR count). The second-order valence-corrected chi connectivity index (χ2v) is 3.16. The SMILES string of the molecule is CCc1cccnc1CC(N)CN. The molecule has 0 amide bonds. The predicted molar refractivity (Wildman–Crippen MR) is 54.3 cm³/mol. The lowest BCUT2D eigenvalue weighted by molar-refractivity contribution is 0.662. The first-order valence-electron chi connectivity index (χ1n) is 4.66. The van der Waals surface area contributed by atoms with E-state index in [1.54, 1.807) is 6.20 Å². The van der Waals surface area contributed by atoms with Gasteiger partial charge in [-0.2, -0.15) is 0 Å². The Morgan fingerprint density at radius 1 is 1.54 bits per heavy atom. The zero-order chi connectivity index (χ0) is 9.68.